The van der Waals surface area contributed by atoms with Crippen LogP contribution in [-0.2, 0) is 11.8 Å². The lowest BCUT2D eigenvalue weighted by molar-refractivity contribution is -0.0776. The van der Waals surface area contributed by atoms with Crippen LogP contribution in [0.3, 0.4) is 0 Å². The van der Waals surface area contributed by atoms with Gasteiger partial charge in [-0.1, -0.05) is 13.0 Å². The van der Waals surface area contributed by atoms with Gasteiger partial charge in [0.1, 0.15) is 6.10 Å². The maximum Gasteiger partial charge on any atom is 0.166 e. The van der Waals surface area contributed by atoms with Gasteiger partial charge in [0.25, 0.3) is 0 Å². The number of aliphatic imine (C=N–C) groups is 1. The Kier molecular flexibility index (Phi) is 2.47. The van der Waals surface area contributed by atoms with Crippen LogP contribution in [0.1, 0.15) is 37.3 Å². The van der Waals surface area contributed by atoms with Crippen molar-refractivity contribution in [2.45, 2.75) is 50.2 Å². The standard InChI is InChI=1S/C19H24N2O2/c1-18-7-6-12(20-2)17-19(18)8-9-21(3)14(18)10-11-4-5-13(22)16(23-17)15(11)19/h4-5,14,17,22H,6-10H2,1-3H3. The number of hydrogen-bond acceptors (Lipinski definition) is 4. The number of piperidine rings is 1. The van der Waals surface area contributed by atoms with E-state index in [0.29, 0.717) is 11.8 Å². The van der Waals surface area contributed by atoms with Gasteiger partial charge < -0.3 is 14.7 Å². The largest absolute Gasteiger partial charge is 0.504 e. The van der Waals surface area contributed by atoms with Gasteiger partial charge in [0.15, 0.2) is 11.5 Å². The van der Waals surface area contributed by atoms with Crippen LogP contribution in [0.25, 0.3) is 0 Å². The molecule has 23 heavy (non-hydrogen) atoms. The number of rotatable bonds is 0. The van der Waals surface area contributed by atoms with Crippen molar-refractivity contribution in [3.63, 3.8) is 0 Å². The van der Waals surface area contributed by atoms with Gasteiger partial charge in [-0.25, -0.2) is 0 Å². The number of aromatic hydroxyl groups is 1. The third-order valence-electron chi connectivity index (χ3n) is 7.40. The first kappa shape index (κ1) is 13.8. The number of likely N-dealkylation sites (N-methyl/N-ethyl adjacent to an activating group) is 1. The normalized spacial score (nSPS) is 42.5. The fourth-order valence-corrected chi connectivity index (χ4v) is 6.24. The van der Waals surface area contributed by atoms with Crippen LogP contribution >= 0.6 is 0 Å². The molecule has 2 bridgehead atoms. The third-order valence-corrected chi connectivity index (χ3v) is 7.40. The van der Waals surface area contributed by atoms with Crippen LogP contribution in [-0.4, -0.2) is 48.5 Å². The van der Waals surface area contributed by atoms with Crippen molar-refractivity contribution in [1.29, 1.82) is 0 Å². The lowest BCUT2D eigenvalue weighted by Crippen LogP contribution is -2.70. The highest BCUT2D eigenvalue weighted by Gasteiger charge is 2.70. The van der Waals surface area contributed by atoms with Gasteiger partial charge in [-0.05, 0) is 56.3 Å². The highest BCUT2D eigenvalue weighted by atomic mass is 16.5. The molecule has 4 nitrogen and oxygen atoms in total. The van der Waals surface area contributed by atoms with Crippen molar-refractivity contribution < 1.29 is 9.84 Å². The van der Waals surface area contributed by atoms with Crippen LogP contribution in [0.15, 0.2) is 17.1 Å². The zero-order valence-corrected chi connectivity index (χ0v) is 14.1. The SMILES string of the molecule is CN=C1CCC2(C)C3Cc4ccc(O)c5c4C2(CCN3C)C1O5. The first-order chi connectivity index (χ1) is 11.0. The van der Waals surface area contributed by atoms with Gasteiger partial charge in [0.2, 0.25) is 0 Å². The Morgan fingerprint density at radius 1 is 1.35 bits per heavy atom. The maximum atomic E-state index is 10.4. The molecular weight excluding hydrogens is 288 g/mol. The first-order valence-corrected chi connectivity index (χ1v) is 8.71. The summed E-state index contributed by atoms with van der Waals surface area (Å²) in [6.45, 7) is 3.55. The molecule has 4 aliphatic rings. The Morgan fingerprint density at radius 2 is 2.17 bits per heavy atom. The fourth-order valence-electron chi connectivity index (χ4n) is 6.24. The van der Waals surface area contributed by atoms with Gasteiger partial charge in [-0.3, -0.25) is 4.99 Å². The van der Waals surface area contributed by atoms with Crippen molar-refractivity contribution in [2.75, 3.05) is 20.6 Å². The molecule has 2 heterocycles. The minimum absolute atomic E-state index is 0.00444. The molecular formula is C19H24N2O2. The van der Waals surface area contributed by atoms with Gasteiger partial charge in [0, 0.05) is 24.1 Å². The summed E-state index contributed by atoms with van der Waals surface area (Å²) >= 11 is 0. The van der Waals surface area contributed by atoms with Crippen LogP contribution < -0.4 is 4.74 Å². The second-order valence-electron chi connectivity index (χ2n) is 8.00. The zero-order chi connectivity index (χ0) is 16.0. The number of likely N-dealkylation sites (tertiary alicyclic amines) is 1. The number of hydrogen-bond donors (Lipinski definition) is 1. The van der Waals surface area contributed by atoms with E-state index in [4.69, 9.17) is 4.74 Å². The van der Waals surface area contributed by atoms with Crippen molar-refractivity contribution >= 4 is 5.71 Å². The van der Waals surface area contributed by atoms with Gasteiger partial charge in [-0.2, -0.15) is 0 Å². The van der Waals surface area contributed by atoms with E-state index < -0.39 is 0 Å². The molecule has 1 saturated heterocycles. The molecule has 2 aliphatic carbocycles. The summed E-state index contributed by atoms with van der Waals surface area (Å²) in [5, 5.41) is 10.4. The van der Waals surface area contributed by atoms with E-state index >= 15 is 0 Å². The summed E-state index contributed by atoms with van der Waals surface area (Å²) in [7, 11) is 4.15. The molecule has 1 spiro atoms. The van der Waals surface area contributed by atoms with Gasteiger partial charge in [0.05, 0.1) is 5.71 Å². The van der Waals surface area contributed by atoms with E-state index in [-0.39, 0.29) is 16.9 Å². The van der Waals surface area contributed by atoms with E-state index in [1.165, 1.54) is 16.8 Å². The topological polar surface area (TPSA) is 45.1 Å². The Bertz CT molecular complexity index is 743. The molecule has 1 aromatic rings. The Hall–Kier alpha value is -1.55. The van der Waals surface area contributed by atoms with Crippen molar-refractivity contribution in [3.8, 4) is 11.5 Å². The minimum Gasteiger partial charge on any atom is -0.504 e. The summed E-state index contributed by atoms with van der Waals surface area (Å²) < 4.78 is 6.41. The molecule has 2 fully saturated rings. The average Bonchev–Trinajstić information content (AvgIpc) is 2.89. The highest BCUT2D eigenvalue weighted by molar-refractivity contribution is 5.94. The molecule has 0 radical (unpaired) electrons. The molecule has 122 valence electrons. The average molecular weight is 312 g/mol. The molecule has 2 aliphatic heterocycles. The van der Waals surface area contributed by atoms with Crippen molar-refractivity contribution in [2.24, 2.45) is 10.4 Å². The van der Waals surface area contributed by atoms with E-state index in [2.05, 4.69) is 29.9 Å². The maximum absolute atomic E-state index is 10.4. The van der Waals surface area contributed by atoms with Gasteiger partial charge >= 0.3 is 0 Å². The fraction of sp³-hybridized carbons (Fsp3) is 0.632. The number of nitrogens with zero attached hydrogens (tertiary/aromatic N) is 2. The molecule has 1 N–H and O–H groups in total. The number of benzene rings is 1. The minimum atomic E-state index is -0.0150. The van der Waals surface area contributed by atoms with Crippen LogP contribution in [0.5, 0.6) is 11.5 Å². The number of ether oxygens (including phenoxy) is 1. The summed E-state index contributed by atoms with van der Waals surface area (Å²) in [5.41, 5.74) is 4.01. The van der Waals surface area contributed by atoms with E-state index in [1.54, 1.807) is 0 Å². The first-order valence-electron chi connectivity index (χ1n) is 8.71. The summed E-state index contributed by atoms with van der Waals surface area (Å²) in [6, 6.07) is 4.47. The zero-order valence-electron chi connectivity index (χ0n) is 14.1. The summed E-state index contributed by atoms with van der Waals surface area (Å²) in [4.78, 5) is 7.13. The molecule has 1 saturated carbocycles. The lowest BCUT2D eigenvalue weighted by Gasteiger charge is -2.64. The third kappa shape index (κ3) is 1.33. The van der Waals surface area contributed by atoms with E-state index in [9.17, 15) is 5.11 Å². The predicted molar refractivity (Wildman–Crippen MR) is 89.6 cm³/mol. The summed E-state index contributed by atoms with van der Waals surface area (Å²) in [6.07, 6.45) is 4.32. The molecule has 4 unspecified atom stereocenters. The molecule has 0 aromatic heterocycles. The van der Waals surface area contributed by atoms with Crippen LogP contribution in [0.4, 0.5) is 0 Å². The monoisotopic (exact) mass is 312 g/mol. The van der Waals surface area contributed by atoms with Crippen LogP contribution in [0, 0.1) is 5.41 Å². The summed E-state index contributed by atoms with van der Waals surface area (Å²) in [5.74, 6) is 1.03. The van der Waals surface area contributed by atoms with Crippen molar-refractivity contribution in [3.05, 3.63) is 23.3 Å². The van der Waals surface area contributed by atoms with E-state index in [1.807, 2.05) is 13.1 Å². The number of phenols is 1. The Morgan fingerprint density at radius 3 is 2.96 bits per heavy atom. The Labute approximate surface area is 137 Å². The lowest BCUT2D eigenvalue weighted by atomic mass is 9.44. The molecule has 4 atom stereocenters. The molecule has 1 aromatic carbocycles. The quantitative estimate of drug-likeness (QED) is 0.800. The molecule has 0 amide bonds. The second kappa shape index (κ2) is 4.10. The Balaban J connectivity index is 1.86. The second-order valence-corrected chi connectivity index (χ2v) is 8.00. The predicted octanol–water partition coefficient (Wildman–Crippen LogP) is 2.52. The van der Waals surface area contributed by atoms with Crippen molar-refractivity contribution in [1.82, 2.24) is 4.90 Å². The smallest absolute Gasteiger partial charge is 0.166 e. The van der Waals surface area contributed by atoms with E-state index in [0.717, 1.165) is 38.0 Å². The van der Waals surface area contributed by atoms with Gasteiger partial charge in [-0.15, -0.1) is 0 Å². The molecule has 5 rings (SSSR count). The number of phenolic OH excluding ortho intramolecular Hbond substituents is 1. The highest BCUT2D eigenvalue weighted by Crippen LogP contribution is 2.68. The molecule has 4 heteroatoms. The van der Waals surface area contributed by atoms with Crippen LogP contribution in [0.2, 0.25) is 0 Å².